The van der Waals surface area contributed by atoms with Gasteiger partial charge in [0, 0.05) is 11.3 Å². The molecule has 0 bridgehead atoms. The minimum Gasteiger partial charge on any atom is -0.322 e. The molecule has 0 unspecified atom stereocenters. The first kappa shape index (κ1) is 16.9. The molecule has 1 amide bonds. The predicted molar refractivity (Wildman–Crippen MR) is 100 cm³/mol. The van der Waals surface area contributed by atoms with Crippen LogP contribution in [0, 0.1) is 5.82 Å². The third kappa shape index (κ3) is 3.94. The van der Waals surface area contributed by atoms with E-state index in [1.807, 2.05) is 62.4 Å². The highest BCUT2D eigenvalue weighted by Crippen LogP contribution is 2.23. The summed E-state index contributed by atoms with van der Waals surface area (Å²) in [6, 6.07) is 22.1. The van der Waals surface area contributed by atoms with Crippen LogP contribution in [-0.4, -0.2) is 5.91 Å². The smallest absolute Gasteiger partial charge is 0.255 e. The first-order valence-electron chi connectivity index (χ1n) is 8.31. The van der Waals surface area contributed by atoms with Gasteiger partial charge in [0.2, 0.25) is 0 Å². The van der Waals surface area contributed by atoms with E-state index in [9.17, 15) is 9.18 Å². The second-order valence-electron chi connectivity index (χ2n) is 6.29. The molecule has 0 spiro atoms. The van der Waals surface area contributed by atoms with Gasteiger partial charge in [-0.1, -0.05) is 62.4 Å². The maximum absolute atomic E-state index is 14.1. The third-order valence-corrected chi connectivity index (χ3v) is 4.11. The quantitative estimate of drug-likeness (QED) is 0.636. The lowest BCUT2D eigenvalue weighted by Crippen LogP contribution is -2.12. The molecule has 0 aromatic heterocycles. The van der Waals surface area contributed by atoms with E-state index >= 15 is 0 Å². The fourth-order valence-electron chi connectivity index (χ4n) is 2.75. The molecular weight excluding hydrogens is 313 g/mol. The van der Waals surface area contributed by atoms with Crippen LogP contribution in [0.4, 0.5) is 10.1 Å². The van der Waals surface area contributed by atoms with Crippen LogP contribution in [0.5, 0.6) is 0 Å². The zero-order valence-electron chi connectivity index (χ0n) is 14.3. The molecule has 3 aromatic carbocycles. The lowest BCUT2D eigenvalue weighted by molar-refractivity contribution is 0.102. The molecule has 0 saturated carbocycles. The van der Waals surface area contributed by atoms with Crippen LogP contribution in [0.3, 0.4) is 0 Å². The van der Waals surface area contributed by atoms with Crippen LogP contribution in [-0.2, 0) is 0 Å². The minimum absolute atomic E-state index is 0.104. The summed E-state index contributed by atoms with van der Waals surface area (Å²) in [5.41, 5.74) is 3.65. The maximum Gasteiger partial charge on any atom is 0.255 e. The van der Waals surface area contributed by atoms with Crippen molar-refractivity contribution < 1.29 is 9.18 Å². The van der Waals surface area contributed by atoms with Gasteiger partial charge in [0.15, 0.2) is 0 Å². The predicted octanol–water partition coefficient (Wildman–Crippen LogP) is 5.87. The highest BCUT2D eigenvalue weighted by atomic mass is 19.1. The number of anilines is 1. The summed E-state index contributed by atoms with van der Waals surface area (Å²) in [7, 11) is 0. The molecule has 0 aliphatic rings. The Morgan fingerprint density at radius 2 is 1.60 bits per heavy atom. The average Bonchev–Trinajstić information content (AvgIpc) is 2.62. The van der Waals surface area contributed by atoms with Gasteiger partial charge in [-0.25, -0.2) is 4.39 Å². The van der Waals surface area contributed by atoms with Gasteiger partial charge in [0.25, 0.3) is 5.91 Å². The Bertz CT molecular complexity index is 888. The molecular formula is C22H20FNO. The molecule has 0 fully saturated rings. The zero-order valence-corrected chi connectivity index (χ0v) is 14.3. The highest BCUT2D eigenvalue weighted by Gasteiger charge is 2.11. The van der Waals surface area contributed by atoms with E-state index < -0.39 is 0 Å². The molecule has 0 aliphatic carbocycles. The van der Waals surface area contributed by atoms with E-state index in [1.165, 1.54) is 6.07 Å². The number of halogens is 1. The fourth-order valence-corrected chi connectivity index (χ4v) is 2.75. The maximum atomic E-state index is 14.1. The summed E-state index contributed by atoms with van der Waals surface area (Å²) in [5.74, 6) is -0.451. The number of rotatable bonds is 4. The Balaban J connectivity index is 1.81. The van der Waals surface area contributed by atoms with Crippen LogP contribution in [0.1, 0.15) is 35.7 Å². The van der Waals surface area contributed by atoms with E-state index in [0.717, 1.165) is 11.1 Å². The van der Waals surface area contributed by atoms with Crippen molar-refractivity contribution in [2.45, 2.75) is 19.8 Å². The molecule has 3 heteroatoms. The summed E-state index contributed by atoms with van der Waals surface area (Å²) in [6.45, 7) is 3.87. The van der Waals surface area contributed by atoms with Gasteiger partial charge in [-0.2, -0.15) is 0 Å². The summed E-state index contributed by atoms with van der Waals surface area (Å²) in [4.78, 5) is 12.5. The van der Waals surface area contributed by atoms with Crippen LogP contribution < -0.4 is 5.32 Å². The third-order valence-electron chi connectivity index (χ3n) is 4.11. The summed E-state index contributed by atoms with van der Waals surface area (Å²) in [6.07, 6.45) is 0. The Labute approximate surface area is 147 Å². The van der Waals surface area contributed by atoms with E-state index in [-0.39, 0.29) is 17.6 Å². The Hall–Kier alpha value is -2.94. The monoisotopic (exact) mass is 333 g/mol. The normalized spacial score (nSPS) is 10.7. The zero-order chi connectivity index (χ0) is 17.8. The number of hydrogen-bond acceptors (Lipinski definition) is 1. The summed E-state index contributed by atoms with van der Waals surface area (Å²) in [5, 5.41) is 2.76. The largest absolute Gasteiger partial charge is 0.322 e. The molecule has 0 saturated heterocycles. The van der Waals surface area contributed by atoms with Gasteiger partial charge in [-0.15, -0.1) is 0 Å². The summed E-state index contributed by atoms with van der Waals surface area (Å²) < 4.78 is 14.1. The van der Waals surface area contributed by atoms with Gasteiger partial charge >= 0.3 is 0 Å². The van der Waals surface area contributed by atoms with Crippen molar-refractivity contribution in [3.05, 3.63) is 89.7 Å². The molecule has 0 atom stereocenters. The molecule has 3 rings (SSSR count). The van der Waals surface area contributed by atoms with Crippen molar-refractivity contribution in [1.82, 2.24) is 0 Å². The van der Waals surface area contributed by atoms with E-state index in [1.54, 1.807) is 18.2 Å². The first-order valence-corrected chi connectivity index (χ1v) is 8.31. The summed E-state index contributed by atoms with van der Waals surface area (Å²) >= 11 is 0. The van der Waals surface area contributed by atoms with Gasteiger partial charge < -0.3 is 5.32 Å². The molecule has 2 nitrogen and oxygen atoms in total. The topological polar surface area (TPSA) is 29.1 Å². The molecule has 1 N–H and O–H groups in total. The lowest BCUT2D eigenvalue weighted by Gasteiger charge is -2.11. The van der Waals surface area contributed by atoms with E-state index in [2.05, 4.69) is 5.32 Å². The Morgan fingerprint density at radius 1 is 0.880 bits per heavy atom. The van der Waals surface area contributed by atoms with Crippen molar-refractivity contribution in [2.75, 3.05) is 5.32 Å². The fraction of sp³-hybridized carbons (Fsp3) is 0.136. The van der Waals surface area contributed by atoms with Crippen LogP contribution in [0.15, 0.2) is 72.8 Å². The second-order valence-corrected chi connectivity index (χ2v) is 6.29. The number of benzene rings is 3. The number of amides is 1. The SMILES string of the molecule is CC(C)c1ccc(NC(=O)c2cccc(-c3ccccc3)c2)cc1F. The molecule has 0 aliphatic heterocycles. The van der Waals surface area contributed by atoms with Crippen molar-refractivity contribution in [2.24, 2.45) is 0 Å². The second kappa shape index (κ2) is 7.31. The van der Waals surface area contributed by atoms with Crippen LogP contribution in [0.25, 0.3) is 11.1 Å². The van der Waals surface area contributed by atoms with Gasteiger partial charge in [0.05, 0.1) is 0 Å². The lowest BCUT2D eigenvalue weighted by atomic mass is 10.0. The number of hydrogen-bond donors (Lipinski definition) is 1. The van der Waals surface area contributed by atoms with Crippen molar-refractivity contribution in [3.8, 4) is 11.1 Å². The van der Waals surface area contributed by atoms with Crippen LogP contribution in [0.2, 0.25) is 0 Å². The molecule has 0 heterocycles. The number of carbonyl (C=O) groups is 1. The first-order chi connectivity index (χ1) is 12.0. The number of carbonyl (C=O) groups excluding carboxylic acids is 1. The van der Waals surface area contributed by atoms with Gasteiger partial charge in [0.1, 0.15) is 5.82 Å². The molecule has 3 aromatic rings. The number of nitrogens with one attached hydrogen (secondary N) is 1. The van der Waals surface area contributed by atoms with Crippen LogP contribution >= 0.6 is 0 Å². The molecule has 0 radical (unpaired) electrons. The van der Waals surface area contributed by atoms with Crippen molar-refractivity contribution in [3.63, 3.8) is 0 Å². The molecule has 25 heavy (non-hydrogen) atoms. The highest BCUT2D eigenvalue weighted by molar-refractivity contribution is 6.05. The minimum atomic E-state index is -0.300. The van der Waals surface area contributed by atoms with Crippen molar-refractivity contribution in [1.29, 1.82) is 0 Å². The Kier molecular flexibility index (Phi) is 4.94. The van der Waals surface area contributed by atoms with Gasteiger partial charge in [-0.3, -0.25) is 4.79 Å². The van der Waals surface area contributed by atoms with E-state index in [0.29, 0.717) is 16.8 Å². The average molecular weight is 333 g/mol. The Morgan fingerprint density at radius 3 is 2.28 bits per heavy atom. The van der Waals surface area contributed by atoms with E-state index in [4.69, 9.17) is 0 Å². The standard InChI is InChI=1S/C22H20FNO/c1-15(2)20-12-11-19(14-21(20)23)24-22(25)18-10-6-9-17(13-18)16-7-4-3-5-8-16/h3-15H,1-2H3,(H,24,25). The molecule has 126 valence electrons. The van der Waals surface area contributed by atoms with Gasteiger partial charge in [-0.05, 0) is 46.9 Å². The van der Waals surface area contributed by atoms with Crippen molar-refractivity contribution >= 4 is 11.6 Å².